The molecule has 0 spiro atoms. The lowest BCUT2D eigenvalue weighted by molar-refractivity contribution is 0.0716. The number of hydrogen-bond donors (Lipinski definition) is 1. The van der Waals surface area contributed by atoms with Crippen molar-refractivity contribution in [3.05, 3.63) is 0 Å². The van der Waals surface area contributed by atoms with E-state index in [0.29, 0.717) is 5.92 Å². The molecule has 1 aliphatic carbocycles. The van der Waals surface area contributed by atoms with Gasteiger partial charge in [-0.15, -0.1) is 0 Å². The topological polar surface area (TPSA) is 46.5 Å². The number of rotatable bonds is 4. The molecule has 72 valence electrons. The zero-order valence-electron chi connectivity index (χ0n) is 7.36. The lowest BCUT2D eigenvalue weighted by atomic mass is 10.0. The van der Waals surface area contributed by atoms with Crippen LogP contribution < -0.4 is 0 Å². The van der Waals surface area contributed by atoms with Crippen molar-refractivity contribution < 1.29 is 13.5 Å². The van der Waals surface area contributed by atoms with E-state index in [-0.39, 0.29) is 11.9 Å². The molecule has 1 saturated carbocycles. The Morgan fingerprint density at radius 1 is 1.58 bits per heavy atom. The van der Waals surface area contributed by atoms with Crippen LogP contribution in [0.1, 0.15) is 25.7 Å². The van der Waals surface area contributed by atoms with Gasteiger partial charge in [0.2, 0.25) is 0 Å². The predicted octanol–water partition coefficient (Wildman–Crippen LogP) is 1.41. The van der Waals surface area contributed by atoms with Crippen molar-refractivity contribution in [3.63, 3.8) is 0 Å². The first kappa shape index (κ1) is 10.2. The lowest BCUT2D eigenvalue weighted by Crippen LogP contribution is -2.26. The van der Waals surface area contributed by atoms with Crippen LogP contribution in [0.3, 0.4) is 0 Å². The van der Waals surface area contributed by atoms with Crippen molar-refractivity contribution in [1.29, 1.82) is 0 Å². The van der Waals surface area contributed by atoms with Crippen LogP contribution >= 0.6 is 0 Å². The third-order valence-corrected chi connectivity index (χ3v) is 3.15. The summed E-state index contributed by atoms with van der Waals surface area (Å²) in [6, 6.07) is 0. The molecule has 2 unspecified atom stereocenters. The van der Waals surface area contributed by atoms with Crippen molar-refractivity contribution in [2.75, 3.05) is 12.9 Å². The summed E-state index contributed by atoms with van der Waals surface area (Å²) in [6.45, 7) is 0. The van der Waals surface area contributed by atoms with Crippen molar-refractivity contribution >= 4 is 11.1 Å². The minimum atomic E-state index is -1.72. The van der Waals surface area contributed by atoms with Crippen LogP contribution in [-0.2, 0) is 15.8 Å². The molecular weight excluding hydrogens is 176 g/mol. The largest absolute Gasteiger partial charge is 0.380 e. The Morgan fingerprint density at radius 3 is 2.58 bits per heavy atom. The average Bonchev–Trinajstić information content (AvgIpc) is 2.51. The Bertz CT molecular complexity index is 154. The van der Waals surface area contributed by atoms with E-state index in [2.05, 4.69) is 0 Å². The van der Waals surface area contributed by atoms with Gasteiger partial charge in [-0.2, -0.15) is 0 Å². The van der Waals surface area contributed by atoms with Gasteiger partial charge in [-0.1, -0.05) is 12.8 Å². The highest BCUT2D eigenvalue weighted by atomic mass is 32.2. The van der Waals surface area contributed by atoms with Crippen LogP contribution in [0.2, 0.25) is 0 Å². The molecule has 0 radical (unpaired) electrons. The van der Waals surface area contributed by atoms with Gasteiger partial charge in [0.25, 0.3) is 0 Å². The summed E-state index contributed by atoms with van der Waals surface area (Å²) in [6.07, 6.45) is 4.76. The second-order valence-corrected chi connectivity index (χ2v) is 4.28. The van der Waals surface area contributed by atoms with E-state index in [4.69, 9.17) is 9.29 Å². The molecule has 0 aromatic rings. The van der Waals surface area contributed by atoms with Crippen molar-refractivity contribution in [2.24, 2.45) is 5.92 Å². The summed E-state index contributed by atoms with van der Waals surface area (Å²) >= 11 is -1.72. The maximum Gasteiger partial charge on any atom is 0.155 e. The standard InChI is InChI=1S/C8H16O3S/c1-11-8(6-12(9)10)7-4-2-3-5-7/h7-8H,2-6H2,1H3,(H,9,10). The molecule has 3 nitrogen and oxygen atoms in total. The molecule has 0 aromatic carbocycles. The van der Waals surface area contributed by atoms with E-state index in [1.807, 2.05) is 0 Å². The minimum Gasteiger partial charge on any atom is -0.380 e. The highest BCUT2D eigenvalue weighted by Crippen LogP contribution is 2.29. The van der Waals surface area contributed by atoms with Crippen LogP contribution in [0.5, 0.6) is 0 Å². The zero-order valence-corrected chi connectivity index (χ0v) is 8.18. The smallest absolute Gasteiger partial charge is 0.155 e. The van der Waals surface area contributed by atoms with E-state index >= 15 is 0 Å². The minimum absolute atomic E-state index is 0.0154. The summed E-state index contributed by atoms with van der Waals surface area (Å²) < 4.78 is 24.5. The molecule has 0 heterocycles. The Morgan fingerprint density at radius 2 is 2.17 bits per heavy atom. The van der Waals surface area contributed by atoms with Crippen LogP contribution in [0.25, 0.3) is 0 Å². The number of hydrogen-bond acceptors (Lipinski definition) is 2. The van der Waals surface area contributed by atoms with Crippen molar-refractivity contribution in [1.82, 2.24) is 0 Å². The van der Waals surface area contributed by atoms with E-state index < -0.39 is 11.1 Å². The average molecular weight is 192 g/mol. The van der Waals surface area contributed by atoms with E-state index in [0.717, 1.165) is 12.8 Å². The molecule has 0 aromatic heterocycles. The molecule has 0 saturated heterocycles. The molecule has 12 heavy (non-hydrogen) atoms. The van der Waals surface area contributed by atoms with Gasteiger partial charge in [0.1, 0.15) is 0 Å². The Hall–Kier alpha value is 0.0700. The summed E-state index contributed by atoms with van der Waals surface area (Å²) in [5.74, 6) is 0.771. The molecule has 0 aliphatic heterocycles. The van der Waals surface area contributed by atoms with E-state index in [9.17, 15) is 4.21 Å². The summed E-state index contributed by atoms with van der Waals surface area (Å²) in [4.78, 5) is 0. The summed E-state index contributed by atoms with van der Waals surface area (Å²) in [7, 11) is 1.62. The Labute approximate surface area is 75.8 Å². The fraction of sp³-hybridized carbons (Fsp3) is 1.00. The van der Waals surface area contributed by atoms with Gasteiger partial charge < -0.3 is 9.29 Å². The van der Waals surface area contributed by atoms with Gasteiger partial charge in [0.05, 0.1) is 11.9 Å². The second-order valence-electron chi connectivity index (χ2n) is 3.31. The molecule has 1 rings (SSSR count). The molecule has 0 amide bonds. The van der Waals surface area contributed by atoms with Gasteiger partial charge in [-0.25, -0.2) is 4.21 Å². The molecule has 1 aliphatic rings. The van der Waals surface area contributed by atoms with Crippen molar-refractivity contribution in [3.8, 4) is 0 Å². The predicted molar refractivity (Wildman–Crippen MR) is 48.4 cm³/mol. The third kappa shape index (κ3) is 2.84. The maximum absolute atomic E-state index is 10.6. The fourth-order valence-electron chi connectivity index (χ4n) is 1.87. The zero-order chi connectivity index (χ0) is 8.97. The lowest BCUT2D eigenvalue weighted by Gasteiger charge is -2.19. The molecule has 1 N–H and O–H groups in total. The Balaban J connectivity index is 2.37. The summed E-state index contributed by atoms with van der Waals surface area (Å²) in [5, 5.41) is 0. The highest BCUT2D eigenvalue weighted by molar-refractivity contribution is 7.79. The van der Waals surface area contributed by atoms with Gasteiger partial charge in [0, 0.05) is 7.11 Å². The summed E-state index contributed by atoms with van der Waals surface area (Å²) in [5.41, 5.74) is 0. The first-order valence-corrected chi connectivity index (χ1v) is 5.62. The normalized spacial score (nSPS) is 24.2. The first-order chi connectivity index (χ1) is 5.74. The third-order valence-electron chi connectivity index (χ3n) is 2.54. The molecule has 2 atom stereocenters. The number of methoxy groups -OCH3 is 1. The van der Waals surface area contributed by atoms with Crippen LogP contribution in [0, 0.1) is 5.92 Å². The molecule has 1 fully saturated rings. The van der Waals surface area contributed by atoms with Gasteiger partial charge >= 0.3 is 0 Å². The Kier molecular flexibility index (Phi) is 4.18. The monoisotopic (exact) mass is 192 g/mol. The number of ether oxygens (including phenoxy) is 1. The SMILES string of the molecule is COC(CS(=O)O)C1CCCC1. The van der Waals surface area contributed by atoms with Gasteiger partial charge in [-0.3, -0.25) is 0 Å². The van der Waals surface area contributed by atoms with Gasteiger partial charge in [-0.05, 0) is 18.8 Å². The maximum atomic E-state index is 10.6. The highest BCUT2D eigenvalue weighted by Gasteiger charge is 2.25. The molecule has 0 bridgehead atoms. The van der Waals surface area contributed by atoms with E-state index in [1.165, 1.54) is 12.8 Å². The van der Waals surface area contributed by atoms with Crippen LogP contribution in [0.15, 0.2) is 0 Å². The quantitative estimate of drug-likeness (QED) is 0.685. The second kappa shape index (κ2) is 4.94. The van der Waals surface area contributed by atoms with Crippen molar-refractivity contribution in [2.45, 2.75) is 31.8 Å². The van der Waals surface area contributed by atoms with Crippen LogP contribution in [0.4, 0.5) is 0 Å². The van der Waals surface area contributed by atoms with Crippen LogP contribution in [-0.4, -0.2) is 27.7 Å². The molecule has 4 heteroatoms. The van der Waals surface area contributed by atoms with Gasteiger partial charge in [0.15, 0.2) is 11.1 Å². The molecular formula is C8H16O3S. The van der Waals surface area contributed by atoms with E-state index in [1.54, 1.807) is 7.11 Å². The fourth-order valence-corrected chi connectivity index (χ4v) is 2.56. The first-order valence-electron chi connectivity index (χ1n) is 4.34.